The Morgan fingerprint density at radius 2 is 1.88 bits per heavy atom. The molecule has 0 N–H and O–H groups in total. The van der Waals surface area contributed by atoms with Crippen molar-refractivity contribution in [3.05, 3.63) is 41.3 Å². The van der Waals surface area contributed by atoms with Crippen LogP contribution in [0.15, 0.2) is 24.3 Å². The minimum atomic E-state index is -0.510. The molecule has 0 saturated carbocycles. The minimum Gasteiger partial charge on any atom is -0.353 e. The highest BCUT2D eigenvalue weighted by Gasteiger charge is 2.26. The number of alkyl halides is 1. The summed E-state index contributed by atoms with van der Waals surface area (Å²) in [6, 6.07) is 6.29. The van der Waals surface area contributed by atoms with E-state index in [2.05, 4.69) is 9.88 Å². The van der Waals surface area contributed by atoms with Gasteiger partial charge in [0.1, 0.15) is 17.0 Å². The standard InChI is InChI=1S/C19H22ClFN4O/c1-12-14(3)22-17(15-5-4-6-16(21)11-15)23-18(12)24-7-9-25(10-8-24)19(26)13(2)20/h4-6,11,13H,7-10H2,1-3H3. The number of nitrogens with zero attached hydrogens (tertiary/aromatic N) is 4. The largest absolute Gasteiger partial charge is 0.353 e. The Balaban J connectivity index is 1.86. The van der Waals surface area contributed by atoms with E-state index in [-0.39, 0.29) is 11.7 Å². The highest BCUT2D eigenvalue weighted by atomic mass is 35.5. The molecule has 3 rings (SSSR count). The van der Waals surface area contributed by atoms with Gasteiger partial charge >= 0.3 is 0 Å². The molecule has 7 heteroatoms. The van der Waals surface area contributed by atoms with Gasteiger partial charge in [-0.2, -0.15) is 0 Å². The predicted octanol–water partition coefficient (Wildman–Crippen LogP) is 3.18. The molecule has 0 spiro atoms. The van der Waals surface area contributed by atoms with Gasteiger partial charge in [-0.05, 0) is 32.9 Å². The number of aryl methyl sites for hydroxylation is 1. The number of halogens is 2. The number of carbonyl (C=O) groups is 1. The second kappa shape index (κ2) is 7.58. The number of piperazine rings is 1. The molecule has 0 bridgehead atoms. The molecule has 1 aromatic heterocycles. The second-order valence-corrected chi connectivity index (χ2v) is 7.17. The van der Waals surface area contributed by atoms with Crippen molar-refractivity contribution in [2.24, 2.45) is 0 Å². The van der Waals surface area contributed by atoms with Gasteiger partial charge in [0.2, 0.25) is 5.91 Å². The van der Waals surface area contributed by atoms with Crippen LogP contribution in [0.3, 0.4) is 0 Å². The third kappa shape index (κ3) is 3.80. The fourth-order valence-corrected chi connectivity index (χ4v) is 3.21. The van der Waals surface area contributed by atoms with E-state index in [4.69, 9.17) is 16.6 Å². The van der Waals surface area contributed by atoms with Gasteiger partial charge < -0.3 is 9.80 Å². The second-order valence-electron chi connectivity index (χ2n) is 6.52. The Morgan fingerprint density at radius 1 is 1.19 bits per heavy atom. The van der Waals surface area contributed by atoms with Crippen LogP contribution in [0.25, 0.3) is 11.4 Å². The summed E-state index contributed by atoms with van der Waals surface area (Å²) in [4.78, 5) is 25.2. The first-order chi connectivity index (χ1) is 12.4. The molecule has 1 fully saturated rings. The molecular formula is C19H22ClFN4O. The van der Waals surface area contributed by atoms with Crippen LogP contribution >= 0.6 is 11.6 Å². The molecule has 1 aliphatic heterocycles. The van der Waals surface area contributed by atoms with Crippen molar-refractivity contribution < 1.29 is 9.18 Å². The molecule has 26 heavy (non-hydrogen) atoms. The summed E-state index contributed by atoms with van der Waals surface area (Å²) in [5, 5.41) is -0.510. The number of aromatic nitrogens is 2. The van der Waals surface area contributed by atoms with E-state index in [9.17, 15) is 9.18 Å². The summed E-state index contributed by atoms with van der Waals surface area (Å²) in [5.74, 6) is 0.994. The number of rotatable bonds is 3. The number of amides is 1. The highest BCUT2D eigenvalue weighted by molar-refractivity contribution is 6.30. The number of anilines is 1. The summed E-state index contributed by atoms with van der Waals surface area (Å²) in [7, 11) is 0. The van der Waals surface area contributed by atoms with E-state index in [0.717, 1.165) is 17.1 Å². The van der Waals surface area contributed by atoms with Crippen LogP contribution in [0.5, 0.6) is 0 Å². The van der Waals surface area contributed by atoms with Crippen molar-refractivity contribution in [1.82, 2.24) is 14.9 Å². The molecule has 0 radical (unpaired) electrons. The molecular weight excluding hydrogens is 355 g/mol. The monoisotopic (exact) mass is 376 g/mol. The maximum Gasteiger partial charge on any atom is 0.240 e. The van der Waals surface area contributed by atoms with Crippen molar-refractivity contribution >= 4 is 23.3 Å². The Hall–Kier alpha value is -2.21. The van der Waals surface area contributed by atoms with Gasteiger partial charge in [-0.1, -0.05) is 12.1 Å². The molecule has 5 nitrogen and oxygen atoms in total. The number of benzene rings is 1. The first-order valence-electron chi connectivity index (χ1n) is 8.66. The molecule has 0 aliphatic carbocycles. The Bertz CT molecular complexity index is 819. The van der Waals surface area contributed by atoms with Gasteiger partial charge in [0, 0.05) is 43.0 Å². The molecule has 1 saturated heterocycles. The summed E-state index contributed by atoms with van der Waals surface area (Å²) in [5.41, 5.74) is 2.51. The smallest absolute Gasteiger partial charge is 0.240 e. The Kier molecular flexibility index (Phi) is 5.41. The molecule has 2 heterocycles. The van der Waals surface area contributed by atoms with Gasteiger partial charge in [-0.25, -0.2) is 14.4 Å². The van der Waals surface area contributed by atoms with Crippen molar-refractivity contribution in [3.8, 4) is 11.4 Å². The normalized spacial score (nSPS) is 15.9. The van der Waals surface area contributed by atoms with Crippen LogP contribution < -0.4 is 4.90 Å². The van der Waals surface area contributed by atoms with Crippen LogP contribution in [-0.4, -0.2) is 52.3 Å². The Morgan fingerprint density at radius 3 is 2.50 bits per heavy atom. The quantitative estimate of drug-likeness (QED) is 0.772. The molecule has 1 atom stereocenters. The van der Waals surface area contributed by atoms with Crippen molar-refractivity contribution in [3.63, 3.8) is 0 Å². The van der Waals surface area contributed by atoms with E-state index >= 15 is 0 Å². The van der Waals surface area contributed by atoms with E-state index in [0.29, 0.717) is 37.6 Å². The molecule has 1 amide bonds. The minimum absolute atomic E-state index is 0.0395. The van der Waals surface area contributed by atoms with Crippen molar-refractivity contribution in [2.75, 3.05) is 31.1 Å². The topological polar surface area (TPSA) is 49.3 Å². The lowest BCUT2D eigenvalue weighted by atomic mass is 10.1. The van der Waals surface area contributed by atoms with Gasteiger partial charge in [-0.3, -0.25) is 4.79 Å². The van der Waals surface area contributed by atoms with Crippen LogP contribution in [-0.2, 0) is 4.79 Å². The SMILES string of the molecule is Cc1nc(-c2cccc(F)c2)nc(N2CCN(C(=O)C(C)Cl)CC2)c1C. The maximum absolute atomic E-state index is 13.6. The van der Waals surface area contributed by atoms with Gasteiger partial charge in [0.15, 0.2) is 5.82 Å². The predicted molar refractivity (Wildman–Crippen MR) is 101 cm³/mol. The highest BCUT2D eigenvalue weighted by Crippen LogP contribution is 2.26. The zero-order valence-electron chi connectivity index (χ0n) is 15.2. The number of carbonyl (C=O) groups excluding carboxylic acids is 1. The van der Waals surface area contributed by atoms with E-state index in [1.165, 1.54) is 12.1 Å². The lowest BCUT2D eigenvalue weighted by molar-refractivity contribution is -0.130. The molecule has 1 aliphatic rings. The zero-order chi connectivity index (χ0) is 18.8. The van der Waals surface area contributed by atoms with Gasteiger partial charge in [0.25, 0.3) is 0 Å². The van der Waals surface area contributed by atoms with Crippen LogP contribution in [0.4, 0.5) is 10.2 Å². The lowest BCUT2D eigenvalue weighted by Crippen LogP contribution is -2.50. The van der Waals surface area contributed by atoms with Crippen molar-refractivity contribution in [2.45, 2.75) is 26.1 Å². The Labute approximate surface area is 157 Å². The molecule has 138 valence electrons. The lowest BCUT2D eigenvalue weighted by Gasteiger charge is -2.36. The number of hydrogen-bond donors (Lipinski definition) is 0. The fraction of sp³-hybridized carbons (Fsp3) is 0.421. The summed E-state index contributed by atoms with van der Waals surface area (Å²) >= 11 is 5.91. The van der Waals surface area contributed by atoms with Crippen LogP contribution in [0.2, 0.25) is 0 Å². The maximum atomic E-state index is 13.6. The molecule has 2 aromatic rings. The van der Waals surface area contributed by atoms with E-state index in [1.807, 2.05) is 13.8 Å². The first kappa shape index (κ1) is 18.6. The van der Waals surface area contributed by atoms with Crippen LogP contribution in [0, 0.1) is 19.7 Å². The van der Waals surface area contributed by atoms with Crippen LogP contribution in [0.1, 0.15) is 18.2 Å². The van der Waals surface area contributed by atoms with Gasteiger partial charge in [-0.15, -0.1) is 11.6 Å². The molecule has 1 aromatic carbocycles. The summed E-state index contributed by atoms with van der Waals surface area (Å²) in [6.07, 6.45) is 0. The van der Waals surface area contributed by atoms with Crippen molar-refractivity contribution in [1.29, 1.82) is 0 Å². The van der Waals surface area contributed by atoms with Gasteiger partial charge in [0.05, 0.1) is 0 Å². The van der Waals surface area contributed by atoms with E-state index in [1.54, 1.807) is 24.0 Å². The fourth-order valence-electron chi connectivity index (χ4n) is 3.07. The zero-order valence-corrected chi connectivity index (χ0v) is 15.9. The first-order valence-corrected chi connectivity index (χ1v) is 9.09. The molecule has 1 unspecified atom stereocenters. The number of hydrogen-bond acceptors (Lipinski definition) is 4. The average Bonchev–Trinajstić information content (AvgIpc) is 2.63. The average molecular weight is 377 g/mol. The third-order valence-electron chi connectivity index (χ3n) is 4.68. The van der Waals surface area contributed by atoms with E-state index < -0.39 is 5.38 Å². The third-order valence-corrected chi connectivity index (χ3v) is 4.86. The summed E-state index contributed by atoms with van der Waals surface area (Å²) < 4.78 is 13.6. The summed E-state index contributed by atoms with van der Waals surface area (Å²) in [6.45, 7) is 8.17.